The highest BCUT2D eigenvalue weighted by Gasteiger charge is 2.38. The van der Waals surface area contributed by atoms with Crippen molar-refractivity contribution >= 4 is 21.6 Å². The molecule has 152 valence electrons. The Morgan fingerprint density at radius 2 is 1.77 bits per heavy atom. The maximum absolute atomic E-state index is 5.60. The number of fused-ring (bicyclic) bond motifs is 3. The number of methoxy groups -OCH3 is 2. The van der Waals surface area contributed by atoms with E-state index >= 15 is 0 Å². The summed E-state index contributed by atoms with van der Waals surface area (Å²) in [5, 5.41) is 3.82. The molecule has 3 atom stereocenters. The SMILES string of the molecule is COc1cc([C@@H]2Nc3ccc(-c4ccccc4)cc3[C@@H]3C=CC[C@@H]32)cc(Br)c1OC. The molecule has 1 heterocycles. The Hall–Kier alpha value is -2.72. The summed E-state index contributed by atoms with van der Waals surface area (Å²) in [5.74, 6) is 2.35. The molecule has 0 amide bonds. The van der Waals surface area contributed by atoms with Crippen LogP contribution in [-0.2, 0) is 0 Å². The van der Waals surface area contributed by atoms with E-state index in [1.807, 2.05) is 0 Å². The van der Waals surface area contributed by atoms with Crippen LogP contribution >= 0.6 is 15.9 Å². The third-order valence-corrected chi connectivity index (χ3v) is 6.87. The fraction of sp³-hybridized carbons (Fsp3) is 0.231. The van der Waals surface area contributed by atoms with Gasteiger partial charge in [0.25, 0.3) is 0 Å². The number of allylic oxidation sites excluding steroid dienone is 2. The zero-order valence-corrected chi connectivity index (χ0v) is 18.6. The first-order valence-electron chi connectivity index (χ1n) is 10.2. The van der Waals surface area contributed by atoms with Gasteiger partial charge in [0.05, 0.1) is 24.7 Å². The minimum atomic E-state index is 0.205. The lowest BCUT2D eigenvalue weighted by Gasteiger charge is -2.38. The molecule has 1 N–H and O–H groups in total. The Balaban J connectivity index is 1.56. The third-order valence-electron chi connectivity index (χ3n) is 6.28. The van der Waals surface area contributed by atoms with Gasteiger partial charge in [-0.2, -0.15) is 0 Å². The van der Waals surface area contributed by atoms with Gasteiger partial charge in [0.1, 0.15) is 0 Å². The van der Waals surface area contributed by atoms with Crippen LogP contribution in [0.4, 0.5) is 5.69 Å². The average molecular weight is 462 g/mol. The van der Waals surface area contributed by atoms with Gasteiger partial charge in [-0.3, -0.25) is 0 Å². The van der Waals surface area contributed by atoms with Crippen LogP contribution in [0.1, 0.15) is 29.5 Å². The van der Waals surface area contributed by atoms with Crippen LogP contribution in [0.3, 0.4) is 0 Å². The summed E-state index contributed by atoms with van der Waals surface area (Å²) in [6.07, 6.45) is 5.76. The zero-order valence-electron chi connectivity index (χ0n) is 17.1. The van der Waals surface area contributed by atoms with E-state index in [1.165, 1.54) is 27.9 Å². The number of hydrogen-bond acceptors (Lipinski definition) is 3. The first kappa shape index (κ1) is 19.3. The molecule has 3 nitrogen and oxygen atoms in total. The van der Waals surface area contributed by atoms with E-state index in [1.54, 1.807) is 14.2 Å². The van der Waals surface area contributed by atoms with Gasteiger partial charge >= 0.3 is 0 Å². The molecule has 0 saturated heterocycles. The topological polar surface area (TPSA) is 30.5 Å². The summed E-state index contributed by atoms with van der Waals surface area (Å²) in [6.45, 7) is 0. The maximum Gasteiger partial charge on any atom is 0.174 e. The van der Waals surface area contributed by atoms with E-state index in [9.17, 15) is 0 Å². The minimum absolute atomic E-state index is 0.205. The van der Waals surface area contributed by atoms with E-state index in [0.29, 0.717) is 11.8 Å². The van der Waals surface area contributed by atoms with E-state index in [-0.39, 0.29) is 6.04 Å². The standard InChI is InChI=1S/C26H24BrNO2/c1-29-24-15-18(14-22(27)26(24)30-2)25-20-10-6-9-19(20)21-13-17(11-12-23(21)28-25)16-7-4-3-5-8-16/h3-9,11-15,19-20,25,28H,10H2,1-2H3/t19-,20+,25+/m1/s1. The fourth-order valence-electron chi connectivity index (χ4n) is 4.85. The van der Waals surface area contributed by atoms with Crippen molar-refractivity contribution in [2.45, 2.75) is 18.4 Å². The molecule has 0 saturated carbocycles. The van der Waals surface area contributed by atoms with E-state index in [2.05, 4.69) is 94.1 Å². The summed E-state index contributed by atoms with van der Waals surface area (Å²) in [4.78, 5) is 0. The summed E-state index contributed by atoms with van der Waals surface area (Å²) in [5.41, 5.74) is 6.31. The maximum atomic E-state index is 5.60. The van der Waals surface area contributed by atoms with Crippen LogP contribution in [-0.4, -0.2) is 14.2 Å². The van der Waals surface area contributed by atoms with Crippen molar-refractivity contribution in [2.75, 3.05) is 19.5 Å². The second-order valence-electron chi connectivity index (χ2n) is 7.88. The summed E-state index contributed by atoms with van der Waals surface area (Å²) >= 11 is 3.66. The second-order valence-corrected chi connectivity index (χ2v) is 8.74. The Bertz CT molecular complexity index is 1110. The number of nitrogens with one attached hydrogen (secondary N) is 1. The van der Waals surface area contributed by atoms with Gasteiger partial charge in [0.2, 0.25) is 0 Å². The molecule has 1 aliphatic carbocycles. The number of ether oxygens (including phenoxy) is 2. The van der Waals surface area contributed by atoms with Gasteiger partial charge in [-0.25, -0.2) is 0 Å². The molecule has 0 radical (unpaired) electrons. The van der Waals surface area contributed by atoms with Crippen molar-refractivity contribution in [1.29, 1.82) is 0 Å². The molecule has 4 heteroatoms. The third kappa shape index (κ3) is 3.20. The smallest absolute Gasteiger partial charge is 0.174 e. The van der Waals surface area contributed by atoms with Crippen molar-refractivity contribution in [3.8, 4) is 22.6 Å². The molecule has 0 fully saturated rings. The van der Waals surface area contributed by atoms with Crippen LogP contribution in [0.2, 0.25) is 0 Å². The minimum Gasteiger partial charge on any atom is -0.493 e. The van der Waals surface area contributed by atoms with E-state index in [0.717, 1.165) is 22.4 Å². The normalized spacial score (nSPS) is 21.5. The van der Waals surface area contributed by atoms with Crippen LogP contribution in [0.5, 0.6) is 11.5 Å². The molecule has 0 aromatic heterocycles. The van der Waals surface area contributed by atoms with Gasteiger partial charge in [0.15, 0.2) is 11.5 Å². The van der Waals surface area contributed by atoms with Crippen LogP contribution in [0.25, 0.3) is 11.1 Å². The highest BCUT2D eigenvalue weighted by atomic mass is 79.9. The predicted molar refractivity (Wildman–Crippen MR) is 125 cm³/mol. The number of hydrogen-bond donors (Lipinski definition) is 1. The highest BCUT2D eigenvalue weighted by molar-refractivity contribution is 9.10. The predicted octanol–water partition coefficient (Wildman–Crippen LogP) is 6.96. The first-order valence-corrected chi connectivity index (χ1v) is 11.0. The van der Waals surface area contributed by atoms with Crippen LogP contribution < -0.4 is 14.8 Å². The van der Waals surface area contributed by atoms with Crippen LogP contribution in [0, 0.1) is 5.92 Å². The molecule has 0 unspecified atom stereocenters. The number of halogens is 1. The van der Waals surface area contributed by atoms with E-state index < -0.39 is 0 Å². The van der Waals surface area contributed by atoms with Crippen molar-refractivity contribution in [3.63, 3.8) is 0 Å². The van der Waals surface area contributed by atoms with Crippen molar-refractivity contribution in [1.82, 2.24) is 0 Å². The van der Waals surface area contributed by atoms with Gasteiger partial charge in [-0.15, -0.1) is 0 Å². The van der Waals surface area contributed by atoms with Crippen molar-refractivity contribution in [3.05, 3.63) is 88.4 Å². The lowest BCUT2D eigenvalue weighted by Crippen LogP contribution is -2.29. The first-order chi connectivity index (χ1) is 14.7. The molecule has 30 heavy (non-hydrogen) atoms. The number of rotatable bonds is 4. The molecule has 3 aromatic rings. The zero-order chi connectivity index (χ0) is 20.7. The second kappa shape index (κ2) is 7.84. The van der Waals surface area contributed by atoms with Crippen LogP contribution in [0.15, 0.2) is 77.3 Å². The van der Waals surface area contributed by atoms with E-state index in [4.69, 9.17) is 9.47 Å². The monoisotopic (exact) mass is 461 g/mol. The molecular weight excluding hydrogens is 438 g/mol. The fourth-order valence-corrected chi connectivity index (χ4v) is 5.47. The largest absolute Gasteiger partial charge is 0.493 e. The Kier molecular flexibility index (Phi) is 5.03. The molecule has 2 aliphatic rings. The quantitative estimate of drug-likeness (QED) is 0.425. The average Bonchev–Trinajstić information content (AvgIpc) is 3.28. The summed E-state index contributed by atoms with van der Waals surface area (Å²) in [7, 11) is 3.35. The lowest BCUT2D eigenvalue weighted by atomic mass is 9.76. The molecule has 5 rings (SSSR count). The number of anilines is 1. The molecular formula is C26H24BrNO2. The summed E-state index contributed by atoms with van der Waals surface area (Å²) < 4.78 is 12.0. The van der Waals surface area contributed by atoms with Gasteiger partial charge in [-0.05, 0) is 74.8 Å². The highest BCUT2D eigenvalue weighted by Crippen LogP contribution is 2.51. The van der Waals surface area contributed by atoms with Crippen molar-refractivity contribution in [2.24, 2.45) is 5.92 Å². The lowest BCUT2D eigenvalue weighted by molar-refractivity contribution is 0.351. The van der Waals surface area contributed by atoms with Gasteiger partial charge < -0.3 is 14.8 Å². The molecule has 3 aromatic carbocycles. The molecule has 1 aliphatic heterocycles. The van der Waals surface area contributed by atoms with Crippen molar-refractivity contribution < 1.29 is 9.47 Å². The Morgan fingerprint density at radius 3 is 2.53 bits per heavy atom. The molecule has 0 bridgehead atoms. The summed E-state index contributed by atoms with van der Waals surface area (Å²) in [6, 6.07) is 21.8. The Labute approximate surface area is 185 Å². The Morgan fingerprint density at radius 1 is 0.933 bits per heavy atom. The number of benzene rings is 3. The van der Waals surface area contributed by atoms with Gasteiger partial charge in [0, 0.05) is 11.6 Å². The molecule has 0 spiro atoms. The van der Waals surface area contributed by atoms with Gasteiger partial charge in [-0.1, -0.05) is 48.6 Å².